The minimum Gasteiger partial charge on any atom is -0.346 e. The summed E-state index contributed by atoms with van der Waals surface area (Å²) in [5, 5.41) is 4.19. The SMILES string of the molecule is C=C(C=CCC)Cn1cc(C)c2cc(C(=O)NC(C)c3ccc(Br)cc3)ccc21. The summed E-state index contributed by atoms with van der Waals surface area (Å²) in [7, 11) is 0. The molecule has 3 aromatic rings. The van der Waals surface area contributed by atoms with Crippen molar-refractivity contribution >= 4 is 32.7 Å². The number of halogens is 1. The van der Waals surface area contributed by atoms with Crippen LogP contribution in [-0.4, -0.2) is 10.5 Å². The molecule has 0 aliphatic heterocycles. The number of carbonyl (C=O) groups is 1. The zero-order valence-corrected chi connectivity index (χ0v) is 18.8. The highest BCUT2D eigenvalue weighted by Gasteiger charge is 2.14. The summed E-state index contributed by atoms with van der Waals surface area (Å²) in [6.45, 7) is 11.1. The molecule has 3 nitrogen and oxygen atoms in total. The fraction of sp³-hybridized carbons (Fsp3) is 0.240. The molecule has 2 aromatic carbocycles. The van der Waals surface area contributed by atoms with Crippen LogP contribution in [0.5, 0.6) is 0 Å². The molecule has 0 bridgehead atoms. The standard InChI is InChI=1S/C25H27BrN2O/c1-5-6-7-17(2)15-28-16-18(3)23-14-21(10-13-24(23)28)25(29)27-19(4)20-8-11-22(26)12-9-20/h6-14,16,19H,2,5,15H2,1,3-4H3,(H,27,29). The lowest BCUT2D eigenvalue weighted by Crippen LogP contribution is -2.26. The van der Waals surface area contributed by atoms with Crippen molar-refractivity contribution in [3.63, 3.8) is 0 Å². The average molecular weight is 451 g/mol. The normalized spacial score (nSPS) is 12.4. The second kappa shape index (κ2) is 9.27. The van der Waals surface area contributed by atoms with E-state index in [0.29, 0.717) is 5.56 Å². The van der Waals surface area contributed by atoms with Crippen LogP contribution in [0.25, 0.3) is 10.9 Å². The highest BCUT2D eigenvalue weighted by atomic mass is 79.9. The highest BCUT2D eigenvalue weighted by Crippen LogP contribution is 2.24. The van der Waals surface area contributed by atoms with E-state index in [4.69, 9.17) is 0 Å². The van der Waals surface area contributed by atoms with Crippen LogP contribution in [0, 0.1) is 6.92 Å². The molecule has 150 valence electrons. The predicted octanol–water partition coefficient (Wildman–Crippen LogP) is 6.73. The van der Waals surface area contributed by atoms with Crippen LogP contribution < -0.4 is 5.32 Å². The molecule has 1 N–H and O–H groups in total. The second-order valence-corrected chi connectivity index (χ2v) is 8.30. The van der Waals surface area contributed by atoms with Gasteiger partial charge in [-0.3, -0.25) is 4.79 Å². The van der Waals surface area contributed by atoms with Crippen molar-refractivity contribution in [1.29, 1.82) is 0 Å². The lowest BCUT2D eigenvalue weighted by atomic mass is 10.1. The zero-order chi connectivity index (χ0) is 21.0. The Morgan fingerprint density at radius 1 is 1.24 bits per heavy atom. The van der Waals surface area contributed by atoms with Gasteiger partial charge in [0.05, 0.1) is 6.04 Å². The van der Waals surface area contributed by atoms with Gasteiger partial charge in [-0.25, -0.2) is 0 Å². The summed E-state index contributed by atoms with van der Waals surface area (Å²) in [4.78, 5) is 12.8. The third kappa shape index (κ3) is 5.07. The van der Waals surface area contributed by atoms with Crippen LogP contribution in [-0.2, 0) is 6.54 Å². The maximum Gasteiger partial charge on any atom is 0.251 e. The molecule has 0 aliphatic carbocycles. The van der Waals surface area contributed by atoms with E-state index < -0.39 is 0 Å². The van der Waals surface area contributed by atoms with Crippen LogP contribution >= 0.6 is 15.9 Å². The van der Waals surface area contributed by atoms with Crippen molar-refractivity contribution < 1.29 is 4.79 Å². The lowest BCUT2D eigenvalue weighted by molar-refractivity contribution is 0.0940. The van der Waals surface area contributed by atoms with Gasteiger partial charge in [-0.2, -0.15) is 0 Å². The smallest absolute Gasteiger partial charge is 0.251 e. The first-order chi connectivity index (χ1) is 13.9. The molecule has 29 heavy (non-hydrogen) atoms. The molecular weight excluding hydrogens is 424 g/mol. The quantitative estimate of drug-likeness (QED) is 0.397. The van der Waals surface area contributed by atoms with Gasteiger partial charge in [0, 0.05) is 33.7 Å². The Labute approximate surface area is 181 Å². The van der Waals surface area contributed by atoms with Crippen LogP contribution in [0.1, 0.15) is 47.8 Å². The van der Waals surface area contributed by atoms with Gasteiger partial charge in [0.15, 0.2) is 0 Å². The molecule has 1 amide bonds. The Bertz CT molecular complexity index is 1060. The fourth-order valence-electron chi connectivity index (χ4n) is 3.42. The van der Waals surface area contributed by atoms with E-state index in [1.807, 2.05) is 49.4 Å². The van der Waals surface area contributed by atoms with Gasteiger partial charge in [-0.15, -0.1) is 0 Å². The molecule has 0 radical (unpaired) electrons. The minimum absolute atomic E-state index is 0.0642. The van der Waals surface area contributed by atoms with Gasteiger partial charge < -0.3 is 9.88 Å². The molecule has 0 saturated heterocycles. The molecule has 4 heteroatoms. The number of carbonyl (C=O) groups excluding carboxylic acids is 1. The maximum atomic E-state index is 12.8. The van der Waals surface area contributed by atoms with Crippen LogP contribution in [0.3, 0.4) is 0 Å². The van der Waals surface area contributed by atoms with Crippen molar-refractivity contribution in [2.45, 2.75) is 39.8 Å². The number of rotatable bonds is 7. The van der Waals surface area contributed by atoms with Crippen molar-refractivity contribution in [3.8, 4) is 0 Å². The van der Waals surface area contributed by atoms with E-state index in [1.54, 1.807) is 0 Å². The number of nitrogens with one attached hydrogen (secondary N) is 1. The number of amides is 1. The average Bonchev–Trinajstić information content (AvgIpc) is 3.01. The summed E-state index contributed by atoms with van der Waals surface area (Å²) < 4.78 is 3.22. The van der Waals surface area contributed by atoms with Crippen LogP contribution in [0.15, 0.2) is 77.4 Å². The largest absolute Gasteiger partial charge is 0.346 e. The zero-order valence-electron chi connectivity index (χ0n) is 17.2. The molecule has 3 rings (SSSR count). The number of aryl methyl sites for hydroxylation is 1. The predicted molar refractivity (Wildman–Crippen MR) is 125 cm³/mol. The molecule has 1 aromatic heterocycles. The Morgan fingerprint density at radius 3 is 2.66 bits per heavy atom. The second-order valence-electron chi connectivity index (χ2n) is 7.39. The third-order valence-corrected chi connectivity index (χ3v) is 5.55. The highest BCUT2D eigenvalue weighted by molar-refractivity contribution is 9.10. The van der Waals surface area contributed by atoms with Gasteiger partial charge in [0.2, 0.25) is 0 Å². The lowest BCUT2D eigenvalue weighted by Gasteiger charge is -2.15. The number of hydrogen-bond acceptors (Lipinski definition) is 1. The van der Waals surface area contributed by atoms with Gasteiger partial charge in [-0.1, -0.05) is 53.7 Å². The van der Waals surface area contributed by atoms with Gasteiger partial charge >= 0.3 is 0 Å². The third-order valence-electron chi connectivity index (χ3n) is 5.02. The number of benzene rings is 2. The number of hydrogen-bond donors (Lipinski definition) is 1. The van der Waals surface area contributed by atoms with E-state index in [0.717, 1.165) is 45.0 Å². The monoisotopic (exact) mass is 450 g/mol. The molecule has 1 unspecified atom stereocenters. The van der Waals surface area contributed by atoms with E-state index in [9.17, 15) is 4.79 Å². The summed E-state index contributed by atoms with van der Waals surface area (Å²) in [5.74, 6) is -0.0650. The number of aromatic nitrogens is 1. The van der Waals surface area contributed by atoms with Gasteiger partial charge in [-0.05, 0) is 67.3 Å². The first-order valence-electron chi connectivity index (χ1n) is 9.89. The number of fused-ring (bicyclic) bond motifs is 1. The number of nitrogens with zero attached hydrogens (tertiary/aromatic N) is 1. The first-order valence-corrected chi connectivity index (χ1v) is 10.7. The van der Waals surface area contributed by atoms with E-state index >= 15 is 0 Å². The van der Waals surface area contributed by atoms with Crippen molar-refractivity contribution in [2.75, 3.05) is 0 Å². The summed E-state index contributed by atoms with van der Waals surface area (Å²) in [6.07, 6.45) is 7.33. The van der Waals surface area contributed by atoms with Gasteiger partial charge in [0.1, 0.15) is 0 Å². The van der Waals surface area contributed by atoms with Crippen LogP contribution in [0.4, 0.5) is 0 Å². The summed E-state index contributed by atoms with van der Waals surface area (Å²) >= 11 is 3.44. The minimum atomic E-state index is -0.0650. The topological polar surface area (TPSA) is 34.0 Å². The Morgan fingerprint density at radius 2 is 1.97 bits per heavy atom. The van der Waals surface area contributed by atoms with Crippen molar-refractivity contribution in [3.05, 3.63) is 94.1 Å². The maximum absolute atomic E-state index is 12.8. The Balaban J connectivity index is 1.79. The van der Waals surface area contributed by atoms with E-state index in [-0.39, 0.29) is 11.9 Å². The summed E-state index contributed by atoms with van der Waals surface area (Å²) in [6, 6.07) is 13.8. The molecule has 0 fully saturated rings. The molecule has 0 saturated carbocycles. The number of allylic oxidation sites excluding steroid dienone is 3. The molecule has 0 spiro atoms. The van der Waals surface area contributed by atoms with Crippen molar-refractivity contribution in [1.82, 2.24) is 9.88 Å². The Kier molecular flexibility index (Phi) is 6.75. The van der Waals surface area contributed by atoms with E-state index in [1.165, 1.54) is 0 Å². The van der Waals surface area contributed by atoms with E-state index in [2.05, 4.69) is 64.6 Å². The molecule has 1 atom stereocenters. The Hall–Kier alpha value is -2.59. The molecule has 0 aliphatic rings. The van der Waals surface area contributed by atoms with Crippen molar-refractivity contribution in [2.24, 2.45) is 0 Å². The van der Waals surface area contributed by atoms with Crippen LogP contribution in [0.2, 0.25) is 0 Å². The molecular formula is C25H27BrN2O. The first kappa shape index (κ1) is 21.1. The summed E-state index contributed by atoms with van der Waals surface area (Å²) in [5.41, 5.74) is 5.08. The van der Waals surface area contributed by atoms with Gasteiger partial charge in [0.25, 0.3) is 5.91 Å². The fourth-order valence-corrected chi connectivity index (χ4v) is 3.68. The molecule has 1 heterocycles.